The van der Waals surface area contributed by atoms with Crippen LogP contribution in [0, 0.1) is 0 Å². The van der Waals surface area contributed by atoms with E-state index in [1.807, 2.05) is 24.3 Å². The van der Waals surface area contributed by atoms with Crippen molar-refractivity contribution >= 4 is 11.8 Å². The van der Waals surface area contributed by atoms with E-state index in [0.29, 0.717) is 11.8 Å². The largest absolute Gasteiger partial charge is 0.497 e. The monoisotopic (exact) mass is 264 g/mol. The maximum atomic E-state index is 5.62. The highest BCUT2D eigenvalue weighted by Crippen LogP contribution is 2.23. The van der Waals surface area contributed by atoms with Crippen LogP contribution in [0.4, 0.5) is 0 Å². The Kier molecular flexibility index (Phi) is 4.64. The zero-order valence-electron chi connectivity index (χ0n) is 10.5. The maximum Gasteiger partial charge on any atom is 0.247 e. The summed E-state index contributed by atoms with van der Waals surface area (Å²) in [5, 5.41) is 8.10. The SMILES string of the molecule is CCCSCc1nnc(-c2cccc(OC)c2)o1. The van der Waals surface area contributed by atoms with E-state index >= 15 is 0 Å². The molecule has 0 aliphatic carbocycles. The lowest BCUT2D eigenvalue weighted by atomic mass is 10.2. The van der Waals surface area contributed by atoms with Crippen molar-refractivity contribution in [1.82, 2.24) is 10.2 Å². The number of nitrogens with zero attached hydrogens (tertiary/aromatic N) is 2. The molecule has 1 heterocycles. The highest BCUT2D eigenvalue weighted by atomic mass is 32.2. The zero-order valence-corrected chi connectivity index (χ0v) is 11.4. The molecule has 0 aliphatic rings. The standard InChI is InChI=1S/C13H16N2O2S/c1-3-7-18-9-12-14-15-13(17-12)10-5-4-6-11(8-10)16-2/h4-6,8H,3,7,9H2,1-2H3. The molecule has 1 aromatic heterocycles. The molecule has 0 amide bonds. The first-order chi connectivity index (χ1) is 8.83. The van der Waals surface area contributed by atoms with Gasteiger partial charge in [-0.15, -0.1) is 10.2 Å². The molecule has 0 bridgehead atoms. The molecule has 96 valence electrons. The Labute approximate surface area is 111 Å². The molecule has 0 aliphatic heterocycles. The van der Waals surface area contributed by atoms with Crippen molar-refractivity contribution in [2.75, 3.05) is 12.9 Å². The molecule has 0 radical (unpaired) electrons. The van der Waals surface area contributed by atoms with Crippen LogP contribution < -0.4 is 4.74 Å². The van der Waals surface area contributed by atoms with E-state index in [0.717, 1.165) is 29.2 Å². The molecule has 0 unspecified atom stereocenters. The Morgan fingerprint density at radius 3 is 3.00 bits per heavy atom. The Hall–Kier alpha value is -1.49. The second-order valence-corrected chi connectivity index (χ2v) is 4.89. The van der Waals surface area contributed by atoms with Crippen molar-refractivity contribution < 1.29 is 9.15 Å². The van der Waals surface area contributed by atoms with Crippen LogP contribution in [-0.4, -0.2) is 23.1 Å². The van der Waals surface area contributed by atoms with Crippen LogP contribution >= 0.6 is 11.8 Å². The molecule has 0 saturated heterocycles. The first kappa shape index (κ1) is 13.0. The van der Waals surface area contributed by atoms with Gasteiger partial charge in [0.2, 0.25) is 11.8 Å². The van der Waals surface area contributed by atoms with E-state index in [2.05, 4.69) is 17.1 Å². The number of ether oxygens (including phenoxy) is 1. The number of aromatic nitrogens is 2. The summed E-state index contributed by atoms with van der Waals surface area (Å²) >= 11 is 1.80. The van der Waals surface area contributed by atoms with Crippen LogP contribution in [0.5, 0.6) is 5.75 Å². The molecule has 5 heteroatoms. The molecule has 0 fully saturated rings. The summed E-state index contributed by atoms with van der Waals surface area (Å²) < 4.78 is 10.8. The zero-order chi connectivity index (χ0) is 12.8. The van der Waals surface area contributed by atoms with Gasteiger partial charge in [0.05, 0.1) is 12.9 Å². The molecule has 0 spiro atoms. The van der Waals surface area contributed by atoms with Crippen molar-refractivity contribution in [3.63, 3.8) is 0 Å². The van der Waals surface area contributed by atoms with Crippen molar-refractivity contribution in [2.45, 2.75) is 19.1 Å². The predicted molar refractivity (Wildman–Crippen MR) is 72.7 cm³/mol. The minimum absolute atomic E-state index is 0.543. The Morgan fingerprint density at radius 2 is 2.22 bits per heavy atom. The summed E-state index contributed by atoms with van der Waals surface area (Å²) in [5.41, 5.74) is 0.883. The summed E-state index contributed by atoms with van der Waals surface area (Å²) in [7, 11) is 1.64. The molecular formula is C13H16N2O2S. The van der Waals surface area contributed by atoms with Crippen molar-refractivity contribution in [1.29, 1.82) is 0 Å². The average Bonchev–Trinajstić information content (AvgIpc) is 2.88. The number of thioether (sulfide) groups is 1. The lowest BCUT2D eigenvalue weighted by Crippen LogP contribution is -1.83. The minimum atomic E-state index is 0.543. The first-order valence-corrected chi connectivity index (χ1v) is 7.03. The fourth-order valence-electron chi connectivity index (χ4n) is 1.49. The third-order valence-electron chi connectivity index (χ3n) is 2.36. The minimum Gasteiger partial charge on any atom is -0.497 e. The highest BCUT2D eigenvalue weighted by molar-refractivity contribution is 7.98. The Balaban J connectivity index is 2.08. The summed E-state index contributed by atoms with van der Waals surface area (Å²) in [5.74, 6) is 3.88. The second-order valence-electron chi connectivity index (χ2n) is 3.79. The van der Waals surface area contributed by atoms with Gasteiger partial charge in [-0.25, -0.2) is 0 Å². The molecule has 0 saturated carbocycles. The highest BCUT2D eigenvalue weighted by Gasteiger charge is 2.09. The average molecular weight is 264 g/mol. The van der Waals surface area contributed by atoms with Gasteiger partial charge in [-0.05, 0) is 30.4 Å². The van der Waals surface area contributed by atoms with E-state index < -0.39 is 0 Å². The van der Waals surface area contributed by atoms with Gasteiger partial charge in [0.15, 0.2) is 0 Å². The molecule has 2 aromatic rings. The number of hydrogen-bond acceptors (Lipinski definition) is 5. The molecule has 2 rings (SSSR count). The van der Waals surface area contributed by atoms with E-state index in [-0.39, 0.29) is 0 Å². The van der Waals surface area contributed by atoms with Gasteiger partial charge in [0, 0.05) is 5.56 Å². The van der Waals surface area contributed by atoms with Crippen LogP contribution in [0.15, 0.2) is 28.7 Å². The van der Waals surface area contributed by atoms with Crippen LogP contribution in [-0.2, 0) is 5.75 Å². The molecule has 0 atom stereocenters. The molecule has 4 nitrogen and oxygen atoms in total. The van der Waals surface area contributed by atoms with Crippen LogP contribution in [0.1, 0.15) is 19.2 Å². The van der Waals surface area contributed by atoms with E-state index in [9.17, 15) is 0 Å². The third-order valence-corrected chi connectivity index (χ3v) is 3.51. The molecule has 18 heavy (non-hydrogen) atoms. The van der Waals surface area contributed by atoms with Gasteiger partial charge in [-0.2, -0.15) is 11.8 Å². The number of benzene rings is 1. The van der Waals surface area contributed by atoms with Gasteiger partial charge in [-0.1, -0.05) is 13.0 Å². The summed E-state index contributed by atoms with van der Waals surface area (Å²) in [6.45, 7) is 2.16. The van der Waals surface area contributed by atoms with Gasteiger partial charge in [0.25, 0.3) is 0 Å². The van der Waals surface area contributed by atoms with Gasteiger partial charge in [-0.3, -0.25) is 0 Å². The lowest BCUT2D eigenvalue weighted by Gasteiger charge is -2.00. The molecule has 1 aromatic carbocycles. The number of rotatable bonds is 6. The second kappa shape index (κ2) is 6.44. The Morgan fingerprint density at radius 1 is 1.33 bits per heavy atom. The van der Waals surface area contributed by atoms with Gasteiger partial charge in [0.1, 0.15) is 5.75 Å². The first-order valence-electron chi connectivity index (χ1n) is 5.88. The van der Waals surface area contributed by atoms with Gasteiger partial charge >= 0.3 is 0 Å². The van der Waals surface area contributed by atoms with Crippen molar-refractivity contribution in [3.8, 4) is 17.2 Å². The van der Waals surface area contributed by atoms with E-state index in [4.69, 9.17) is 9.15 Å². The van der Waals surface area contributed by atoms with Gasteiger partial charge < -0.3 is 9.15 Å². The molecular weight excluding hydrogens is 248 g/mol. The fourth-order valence-corrected chi connectivity index (χ4v) is 2.21. The van der Waals surface area contributed by atoms with Crippen LogP contribution in [0.25, 0.3) is 11.5 Å². The molecule has 0 N–H and O–H groups in total. The smallest absolute Gasteiger partial charge is 0.247 e. The van der Waals surface area contributed by atoms with Crippen LogP contribution in [0.2, 0.25) is 0 Å². The van der Waals surface area contributed by atoms with E-state index in [1.165, 1.54) is 0 Å². The van der Waals surface area contributed by atoms with Crippen molar-refractivity contribution in [2.24, 2.45) is 0 Å². The maximum absolute atomic E-state index is 5.62. The fraction of sp³-hybridized carbons (Fsp3) is 0.385. The summed E-state index contributed by atoms with van der Waals surface area (Å²) in [6, 6.07) is 7.61. The third kappa shape index (κ3) is 3.26. The number of hydrogen-bond donors (Lipinski definition) is 0. The Bertz CT molecular complexity index is 499. The van der Waals surface area contributed by atoms with Crippen molar-refractivity contribution in [3.05, 3.63) is 30.2 Å². The normalized spacial score (nSPS) is 10.6. The lowest BCUT2D eigenvalue weighted by molar-refractivity contribution is 0.414. The quantitative estimate of drug-likeness (QED) is 0.748. The summed E-state index contributed by atoms with van der Waals surface area (Å²) in [4.78, 5) is 0. The number of methoxy groups -OCH3 is 1. The summed E-state index contributed by atoms with van der Waals surface area (Å²) in [6.07, 6.45) is 1.15. The topological polar surface area (TPSA) is 48.2 Å². The van der Waals surface area contributed by atoms with E-state index in [1.54, 1.807) is 18.9 Å². The van der Waals surface area contributed by atoms with Crippen LogP contribution in [0.3, 0.4) is 0 Å². The predicted octanol–water partition coefficient (Wildman–Crippen LogP) is 3.39.